The van der Waals surface area contributed by atoms with Gasteiger partial charge in [0.15, 0.2) is 0 Å². The lowest BCUT2D eigenvalue weighted by atomic mass is 9.99. The Labute approximate surface area is 132 Å². The minimum Gasteiger partial charge on any atom is -0.352 e. The molecule has 1 unspecified atom stereocenters. The van der Waals surface area contributed by atoms with Crippen LogP contribution in [-0.2, 0) is 11.2 Å². The summed E-state index contributed by atoms with van der Waals surface area (Å²) in [6.07, 6.45) is 2.01. The molecule has 0 aliphatic carbocycles. The summed E-state index contributed by atoms with van der Waals surface area (Å²) in [6, 6.07) is 10.3. The van der Waals surface area contributed by atoms with Crippen LogP contribution in [0.15, 0.2) is 30.3 Å². The molecule has 3 amide bonds. The van der Waals surface area contributed by atoms with E-state index in [9.17, 15) is 9.59 Å². The third-order valence-electron chi connectivity index (χ3n) is 3.79. The number of carbonyl (C=O) groups is 2. The Kier molecular flexibility index (Phi) is 5.81. The molecule has 1 saturated heterocycles. The second-order valence-corrected chi connectivity index (χ2v) is 6.17. The van der Waals surface area contributed by atoms with Crippen molar-refractivity contribution in [1.29, 1.82) is 0 Å². The summed E-state index contributed by atoms with van der Waals surface area (Å²) in [5.74, 6) is 0.348. The minimum atomic E-state index is -0.150. The van der Waals surface area contributed by atoms with Gasteiger partial charge in [-0.25, -0.2) is 4.79 Å². The van der Waals surface area contributed by atoms with Gasteiger partial charge in [-0.05, 0) is 38.2 Å². The first-order valence-corrected chi connectivity index (χ1v) is 7.90. The summed E-state index contributed by atoms with van der Waals surface area (Å²) in [6.45, 7) is 5.35. The highest BCUT2D eigenvalue weighted by Gasteiger charge is 2.26. The van der Waals surface area contributed by atoms with Crippen LogP contribution in [0.5, 0.6) is 0 Å². The van der Waals surface area contributed by atoms with E-state index < -0.39 is 0 Å². The van der Waals surface area contributed by atoms with Crippen LogP contribution in [0.25, 0.3) is 0 Å². The van der Waals surface area contributed by atoms with E-state index in [1.165, 1.54) is 5.56 Å². The molecule has 0 spiro atoms. The number of nitrogens with zero attached hydrogens (tertiary/aromatic N) is 1. The van der Waals surface area contributed by atoms with Crippen molar-refractivity contribution in [2.75, 3.05) is 19.6 Å². The SMILES string of the molecule is CC(C)NC(=O)CNC(=O)N1CCC(Cc2ccccc2)C1. The van der Waals surface area contributed by atoms with Crippen LogP contribution >= 0.6 is 0 Å². The van der Waals surface area contributed by atoms with Gasteiger partial charge >= 0.3 is 6.03 Å². The van der Waals surface area contributed by atoms with Crippen LogP contribution in [0.2, 0.25) is 0 Å². The fourth-order valence-electron chi connectivity index (χ4n) is 2.77. The average molecular weight is 303 g/mol. The topological polar surface area (TPSA) is 61.4 Å². The summed E-state index contributed by atoms with van der Waals surface area (Å²) < 4.78 is 0. The Bertz CT molecular complexity index is 502. The van der Waals surface area contributed by atoms with E-state index in [-0.39, 0.29) is 24.5 Å². The van der Waals surface area contributed by atoms with E-state index in [0.29, 0.717) is 5.92 Å². The van der Waals surface area contributed by atoms with E-state index in [2.05, 4.69) is 22.8 Å². The second kappa shape index (κ2) is 7.82. The van der Waals surface area contributed by atoms with Gasteiger partial charge in [0.25, 0.3) is 0 Å². The highest BCUT2D eigenvalue weighted by atomic mass is 16.2. The monoisotopic (exact) mass is 303 g/mol. The average Bonchev–Trinajstić information content (AvgIpc) is 2.94. The van der Waals surface area contributed by atoms with Crippen LogP contribution in [0.1, 0.15) is 25.8 Å². The Morgan fingerprint density at radius 2 is 2.00 bits per heavy atom. The van der Waals surface area contributed by atoms with Gasteiger partial charge in [0.1, 0.15) is 0 Å². The molecule has 22 heavy (non-hydrogen) atoms. The number of urea groups is 1. The molecule has 2 N–H and O–H groups in total. The van der Waals surface area contributed by atoms with Crippen LogP contribution < -0.4 is 10.6 Å². The minimum absolute atomic E-state index is 0.0386. The second-order valence-electron chi connectivity index (χ2n) is 6.17. The number of nitrogens with one attached hydrogen (secondary N) is 2. The first-order valence-electron chi connectivity index (χ1n) is 7.90. The van der Waals surface area contributed by atoms with Gasteiger partial charge in [0.2, 0.25) is 5.91 Å². The number of benzene rings is 1. The van der Waals surface area contributed by atoms with Crippen molar-refractivity contribution in [1.82, 2.24) is 15.5 Å². The van der Waals surface area contributed by atoms with E-state index in [4.69, 9.17) is 0 Å². The quantitative estimate of drug-likeness (QED) is 0.871. The van der Waals surface area contributed by atoms with Crippen molar-refractivity contribution in [2.24, 2.45) is 5.92 Å². The maximum absolute atomic E-state index is 12.1. The van der Waals surface area contributed by atoms with Gasteiger partial charge in [-0.15, -0.1) is 0 Å². The van der Waals surface area contributed by atoms with Crippen molar-refractivity contribution in [3.63, 3.8) is 0 Å². The van der Waals surface area contributed by atoms with Gasteiger partial charge < -0.3 is 15.5 Å². The Balaban J connectivity index is 1.73. The lowest BCUT2D eigenvalue weighted by Gasteiger charge is -2.17. The zero-order valence-electron chi connectivity index (χ0n) is 13.3. The third kappa shape index (κ3) is 5.06. The number of hydrogen-bond acceptors (Lipinski definition) is 2. The molecule has 1 atom stereocenters. The smallest absolute Gasteiger partial charge is 0.317 e. The maximum atomic E-state index is 12.1. The standard InChI is InChI=1S/C17H25N3O2/c1-13(2)19-16(21)11-18-17(22)20-9-8-15(12-20)10-14-6-4-3-5-7-14/h3-7,13,15H,8-12H2,1-2H3,(H,18,22)(H,19,21). The number of likely N-dealkylation sites (tertiary alicyclic amines) is 1. The molecule has 1 heterocycles. The van der Waals surface area contributed by atoms with Crippen LogP contribution in [0.3, 0.4) is 0 Å². The van der Waals surface area contributed by atoms with E-state index >= 15 is 0 Å². The van der Waals surface area contributed by atoms with E-state index in [0.717, 1.165) is 25.9 Å². The van der Waals surface area contributed by atoms with Crippen LogP contribution in [0, 0.1) is 5.92 Å². The molecule has 1 aliphatic heterocycles. The molecule has 0 saturated carbocycles. The zero-order valence-corrected chi connectivity index (χ0v) is 13.3. The van der Waals surface area contributed by atoms with Crippen molar-refractivity contribution in [3.05, 3.63) is 35.9 Å². The predicted molar refractivity (Wildman–Crippen MR) is 86.5 cm³/mol. The normalized spacial score (nSPS) is 17.6. The molecule has 1 aromatic carbocycles. The zero-order chi connectivity index (χ0) is 15.9. The molecule has 5 nitrogen and oxygen atoms in total. The molecule has 1 aliphatic rings. The molecule has 0 aromatic heterocycles. The fourth-order valence-corrected chi connectivity index (χ4v) is 2.77. The first-order chi connectivity index (χ1) is 10.5. The van der Waals surface area contributed by atoms with Crippen molar-refractivity contribution in [2.45, 2.75) is 32.7 Å². The summed E-state index contributed by atoms with van der Waals surface area (Å²) in [7, 11) is 0. The molecule has 1 aromatic rings. The number of hydrogen-bond donors (Lipinski definition) is 2. The predicted octanol–water partition coefficient (Wildman–Crippen LogP) is 1.79. The number of amides is 3. The molecule has 5 heteroatoms. The highest BCUT2D eigenvalue weighted by molar-refractivity contribution is 5.84. The van der Waals surface area contributed by atoms with E-state index in [1.54, 1.807) is 4.90 Å². The Morgan fingerprint density at radius 3 is 2.68 bits per heavy atom. The van der Waals surface area contributed by atoms with E-state index in [1.807, 2.05) is 32.0 Å². The Morgan fingerprint density at radius 1 is 1.27 bits per heavy atom. The molecule has 0 bridgehead atoms. The molecule has 0 radical (unpaired) electrons. The van der Waals surface area contributed by atoms with Crippen LogP contribution in [0.4, 0.5) is 4.79 Å². The van der Waals surface area contributed by atoms with Gasteiger partial charge in [0, 0.05) is 19.1 Å². The Hall–Kier alpha value is -2.04. The first kappa shape index (κ1) is 16.3. The largest absolute Gasteiger partial charge is 0.352 e. The van der Waals surface area contributed by atoms with Crippen molar-refractivity contribution in [3.8, 4) is 0 Å². The molecule has 120 valence electrons. The summed E-state index contributed by atoms with van der Waals surface area (Å²) in [4.78, 5) is 25.4. The number of carbonyl (C=O) groups excluding carboxylic acids is 2. The van der Waals surface area contributed by atoms with Crippen molar-refractivity contribution >= 4 is 11.9 Å². The van der Waals surface area contributed by atoms with Crippen LogP contribution in [-0.4, -0.2) is 42.5 Å². The van der Waals surface area contributed by atoms with Gasteiger partial charge in [-0.1, -0.05) is 30.3 Å². The lowest BCUT2D eigenvalue weighted by molar-refractivity contribution is -0.120. The maximum Gasteiger partial charge on any atom is 0.317 e. The highest BCUT2D eigenvalue weighted by Crippen LogP contribution is 2.20. The lowest BCUT2D eigenvalue weighted by Crippen LogP contribution is -2.44. The molecular weight excluding hydrogens is 278 g/mol. The number of rotatable bonds is 5. The molecule has 1 fully saturated rings. The van der Waals surface area contributed by atoms with Crippen molar-refractivity contribution < 1.29 is 9.59 Å². The summed E-state index contributed by atoms with van der Waals surface area (Å²) >= 11 is 0. The van der Waals surface area contributed by atoms with Gasteiger partial charge in [0.05, 0.1) is 6.54 Å². The molecular formula is C17H25N3O2. The molecule has 2 rings (SSSR count). The van der Waals surface area contributed by atoms with Gasteiger partial charge in [-0.3, -0.25) is 4.79 Å². The summed E-state index contributed by atoms with van der Waals surface area (Å²) in [5.41, 5.74) is 1.31. The summed E-state index contributed by atoms with van der Waals surface area (Å²) in [5, 5.41) is 5.45. The fraction of sp³-hybridized carbons (Fsp3) is 0.529. The van der Waals surface area contributed by atoms with Gasteiger partial charge in [-0.2, -0.15) is 0 Å². The third-order valence-corrected chi connectivity index (χ3v) is 3.79.